The van der Waals surface area contributed by atoms with E-state index in [1.54, 1.807) is 26.0 Å². The zero-order valence-corrected chi connectivity index (χ0v) is 11.1. The zero-order valence-electron chi connectivity index (χ0n) is 11.1. The van der Waals surface area contributed by atoms with Crippen molar-refractivity contribution in [2.24, 2.45) is 0 Å². The van der Waals surface area contributed by atoms with Gasteiger partial charge in [-0.3, -0.25) is 4.79 Å². The van der Waals surface area contributed by atoms with E-state index in [1.165, 1.54) is 0 Å². The van der Waals surface area contributed by atoms with E-state index in [9.17, 15) is 4.79 Å². The fourth-order valence-corrected chi connectivity index (χ4v) is 1.11. The Balaban J connectivity index is 0. The molecule has 1 fully saturated rings. The van der Waals surface area contributed by atoms with Gasteiger partial charge < -0.3 is 15.0 Å². The van der Waals surface area contributed by atoms with Gasteiger partial charge in [-0.2, -0.15) is 0 Å². The number of carbonyl (C=O) groups excluding carboxylic acids is 1. The molecule has 94 valence electrons. The maximum Gasteiger partial charge on any atom is 0.298 e. The Morgan fingerprint density at radius 3 is 1.94 bits per heavy atom. The number of nitrogens with zero attached hydrogens (tertiary/aromatic N) is 1. The van der Waals surface area contributed by atoms with Crippen molar-refractivity contribution in [1.82, 2.24) is 10.2 Å². The number of nitrogens with one attached hydrogen (secondary N) is 1. The summed E-state index contributed by atoms with van der Waals surface area (Å²) >= 11 is 0. The van der Waals surface area contributed by atoms with Gasteiger partial charge in [0.15, 0.2) is 0 Å². The van der Waals surface area contributed by atoms with E-state index in [0.717, 1.165) is 25.9 Å². The maximum absolute atomic E-state index is 11.0. The van der Waals surface area contributed by atoms with Gasteiger partial charge in [0, 0.05) is 27.3 Å². The van der Waals surface area contributed by atoms with Crippen molar-refractivity contribution >= 4 is 5.91 Å². The average Bonchev–Trinajstić information content (AvgIpc) is 2.73. The third-order valence-corrected chi connectivity index (χ3v) is 1.63. The number of likely N-dealkylation sites (tertiary alicyclic amines) is 1. The normalized spacial score (nSPS) is 12.4. The maximum atomic E-state index is 11.0. The summed E-state index contributed by atoms with van der Waals surface area (Å²) in [6.07, 6.45) is 2.27. The largest absolute Gasteiger partial charge is 0.388 e. The van der Waals surface area contributed by atoms with E-state index in [2.05, 4.69) is 21.9 Å². The second kappa shape index (κ2) is 13.9. The Bertz CT molecular complexity index is 211. The minimum absolute atomic E-state index is 0.0139. The molecule has 0 bridgehead atoms. The van der Waals surface area contributed by atoms with E-state index in [4.69, 9.17) is 0 Å². The zero-order chi connectivity index (χ0) is 12.8. The van der Waals surface area contributed by atoms with Crippen LogP contribution in [-0.4, -0.2) is 52.2 Å². The standard InChI is InChI=1S/C8H11NO.C2H7N.C2H6O/c1-2-5-8(10)9-6-3-4-7-9;2*1-3-2/h3-4,6-7H2,1H3;3H,1-2H3;1-2H3. The summed E-state index contributed by atoms with van der Waals surface area (Å²) in [5.41, 5.74) is 0. The van der Waals surface area contributed by atoms with Gasteiger partial charge in [0.25, 0.3) is 5.91 Å². The molecular formula is C12H24N2O2. The van der Waals surface area contributed by atoms with Crippen LogP contribution >= 0.6 is 0 Å². The molecule has 1 rings (SSSR count). The number of rotatable bonds is 0. The molecule has 1 aliphatic rings. The SMILES string of the molecule is CC#CC(=O)N1CCCC1.CNC.COC. The van der Waals surface area contributed by atoms with E-state index < -0.39 is 0 Å². The summed E-state index contributed by atoms with van der Waals surface area (Å²) in [5, 5.41) is 2.75. The average molecular weight is 228 g/mol. The molecule has 0 saturated carbocycles. The van der Waals surface area contributed by atoms with Gasteiger partial charge >= 0.3 is 0 Å². The van der Waals surface area contributed by atoms with Crippen molar-refractivity contribution in [3.8, 4) is 11.8 Å². The fourth-order valence-electron chi connectivity index (χ4n) is 1.11. The molecule has 1 amide bonds. The highest BCUT2D eigenvalue weighted by Crippen LogP contribution is 2.06. The second-order valence-electron chi connectivity index (χ2n) is 3.28. The first kappa shape index (κ1) is 17.3. The third kappa shape index (κ3) is 11.0. The number of methoxy groups -OCH3 is 1. The van der Waals surface area contributed by atoms with Crippen LogP contribution in [0.25, 0.3) is 0 Å². The van der Waals surface area contributed by atoms with Crippen molar-refractivity contribution in [3.63, 3.8) is 0 Å². The van der Waals surface area contributed by atoms with E-state index in [-0.39, 0.29) is 5.91 Å². The van der Waals surface area contributed by atoms with Crippen molar-refractivity contribution in [3.05, 3.63) is 0 Å². The van der Waals surface area contributed by atoms with Gasteiger partial charge in [0.1, 0.15) is 0 Å². The van der Waals surface area contributed by atoms with Gasteiger partial charge in [-0.15, -0.1) is 0 Å². The van der Waals surface area contributed by atoms with Crippen LogP contribution in [0.2, 0.25) is 0 Å². The summed E-state index contributed by atoms with van der Waals surface area (Å²) in [5.74, 6) is 5.11. The van der Waals surface area contributed by atoms with E-state index >= 15 is 0 Å². The first-order valence-corrected chi connectivity index (χ1v) is 5.38. The third-order valence-electron chi connectivity index (χ3n) is 1.63. The van der Waals surface area contributed by atoms with Crippen molar-refractivity contribution in [1.29, 1.82) is 0 Å². The van der Waals surface area contributed by atoms with Crippen LogP contribution in [-0.2, 0) is 9.53 Å². The lowest BCUT2D eigenvalue weighted by molar-refractivity contribution is -0.124. The molecule has 0 aromatic carbocycles. The molecule has 1 heterocycles. The number of hydrogen-bond donors (Lipinski definition) is 1. The number of hydrogen-bond acceptors (Lipinski definition) is 3. The smallest absolute Gasteiger partial charge is 0.298 e. The van der Waals surface area contributed by atoms with Gasteiger partial charge in [-0.05, 0) is 39.8 Å². The molecule has 4 nitrogen and oxygen atoms in total. The molecule has 0 spiro atoms. The van der Waals surface area contributed by atoms with Gasteiger partial charge in [0.2, 0.25) is 0 Å². The van der Waals surface area contributed by atoms with Crippen LogP contribution in [0.1, 0.15) is 19.8 Å². The Labute approximate surface area is 99.3 Å². The Morgan fingerprint density at radius 1 is 1.25 bits per heavy atom. The van der Waals surface area contributed by atoms with Gasteiger partial charge in [-0.25, -0.2) is 0 Å². The number of amides is 1. The Kier molecular flexibility index (Phi) is 15.1. The highest BCUT2D eigenvalue weighted by molar-refractivity contribution is 5.93. The monoisotopic (exact) mass is 228 g/mol. The minimum Gasteiger partial charge on any atom is -0.388 e. The predicted molar refractivity (Wildman–Crippen MR) is 67.2 cm³/mol. The van der Waals surface area contributed by atoms with Crippen LogP contribution in [0, 0.1) is 11.8 Å². The lowest BCUT2D eigenvalue weighted by Crippen LogP contribution is -2.25. The van der Waals surface area contributed by atoms with Crippen molar-refractivity contribution in [2.75, 3.05) is 41.4 Å². The van der Waals surface area contributed by atoms with Crippen molar-refractivity contribution in [2.45, 2.75) is 19.8 Å². The van der Waals surface area contributed by atoms with Crippen LogP contribution in [0.3, 0.4) is 0 Å². The lowest BCUT2D eigenvalue weighted by Gasteiger charge is -2.09. The number of ether oxygens (including phenoxy) is 1. The minimum atomic E-state index is -0.0139. The Morgan fingerprint density at radius 2 is 1.62 bits per heavy atom. The van der Waals surface area contributed by atoms with Crippen LogP contribution in [0.5, 0.6) is 0 Å². The molecule has 16 heavy (non-hydrogen) atoms. The first-order valence-electron chi connectivity index (χ1n) is 5.38. The van der Waals surface area contributed by atoms with E-state index in [1.807, 2.05) is 14.1 Å². The molecule has 0 unspecified atom stereocenters. The molecule has 1 saturated heterocycles. The van der Waals surface area contributed by atoms with E-state index in [0.29, 0.717) is 0 Å². The number of carbonyl (C=O) groups is 1. The molecule has 0 aromatic rings. The molecule has 1 N–H and O–H groups in total. The first-order chi connectivity index (χ1) is 7.67. The quantitative estimate of drug-likeness (QED) is 0.622. The fraction of sp³-hybridized carbons (Fsp3) is 0.750. The molecular weight excluding hydrogens is 204 g/mol. The summed E-state index contributed by atoms with van der Waals surface area (Å²) in [7, 11) is 7.00. The highest BCUT2D eigenvalue weighted by Gasteiger charge is 2.14. The highest BCUT2D eigenvalue weighted by atomic mass is 16.4. The second-order valence-corrected chi connectivity index (χ2v) is 3.28. The lowest BCUT2D eigenvalue weighted by atomic mass is 10.4. The van der Waals surface area contributed by atoms with Crippen LogP contribution in [0.15, 0.2) is 0 Å². The van der Waals surface area contributed by atoms with Gasteiger partial charge in [0.05, 0.1) is 0 Å². The van der Waals surface area contributed by atoms with Crippen LogP contribution in [0.4, 0.5) is 0 Å². The van der Waals surface area contributed by atoms with Gasteiger partial charge in [-0.1, -0.05) is 5.92 Å². The topological polar surface area (TPSA) is 41.6 Å². The Hall–Kier alpha value is -1.05. The molecule has 1 aliphatic heterocycles. The molecule has 0 atom stereocenters. The summed E-state index contributed by atoms with van der Waals surface area (Å²) in [6.45, 7) is 3.48. The molecule has 0 radical (unpaired) electrons. The summed E-state index contributed by atoms with van der Waals surface area (Å²) in [4.78, 5) is 12.8. The molecule has 0 aliphatic carbocycles. The van der Waals surface area contributed by atoms with Crippen molar-refractivity contribution < 1.29 is 9.53 Å². The molecule has 0 aromatic heterocycles. The summed E-state index contributed by atoms with van der Waals surface area (Å²) < 4.78 is 4.25. The van der Waals surface area contributed by atoms with Crippen LogP contribution < -0.4 is 5.32 Å². The molecule has 4 heteroatoms. The summed E-state index contributed by atoms with van der Waals surface area (Å²) in [6, 6.07) is 0. The predicted octanol–water partition coefficient (Wildman–Crippen LogP) is 0.730.